The Morgan fingerprint density at radius 3 is 2.18 bits per heavy atom. The van der Waals surface area contributed by atoms with Crippen molar-refractivity contribution in [1.29, 1.82) is 0 Å². The molecule has 9 heteroatoms. The van der Waals surface area contributed by atoms with Crippen LogP contribution in [-0.4, -0.2) is 21.4 Å². The zero-order valence-corrected chi connectivity index (χ0v) is 26.5. The van der Waals surface area contributed by atoms with E-state index in [2.05, 4.69) is 25.6 Å². The number of carbonyl (C=O) groups is 1. The van der Waals surface area contributed by atoms with Gasteiger partial charge in [0, 0.05) is 22.4 Å². The molecule has 1 aliphatic heterocycles. The molecule has 5 aromatic rings. The van der Waals surface area contributed by atoms with Crippen molar-refractivity contribution in [1.82, 2.24) is 0 Å². The lowest BCUT2D eigenvalue weighted by Gasteiger charge is -2.46. The molecule has 0 aromatic heterocycles. The first kappa shape index (κ1) is 29.5. The molecule has 1 amide bonds. The van der Waals surface area contributed by atoms with Gasteiger partial charge in [-0.2, -0.15) is 0 Å². The molecule has 0 aliphatic carbocycles. The zero-order valence-electron chi connectivity index (χ0n) is 24.1. The fraction of sp³-hybridized carbons (Fsp3) is 0.114. The highest BCUT2D eigenvalue weighted by molar-refractivity contribution is 9.10. The fourth-order valence-electron chi connectivity index (χ4n) is 5.37. The number of carbonyl (C=O) groups excluding carboxylic acids is 1. The van der Waals surface area contributed by atoms with E-state index in [1.54, 1.807) is 48.4 Å². The van der Waals surface area contributed by atoms with Crippen molar-refractivity contribution in [2.45, 2.75) is 24.5 Å². The molecule has 0 saturated heterocycles. The molecule has 5 aromatic carbocycles. The summed E-state index contributed by atoms with van der Waals surface area (Å²) in [6.07, 6.45) is -0.495. The van der Waals surface area contributed by atoms with Gasteiger partial charge in [0.25, 0.3) is 15.9 Å². The normalized spacial score (nSPS) is 14.7. The number of sulfonamides is 1. The van der Waals surface area contributed by atoms with Crippen LogP contribution in [0.5, 0.6) is 5.75 Å². The minimum absolute atomic E-state index is 0.00831. The Bertz CT molecular complexity index is 1900. The quantitative estimate of drug-likeness (QED) is 0.182. The summed E-state index contributed by atoms with van der Waals surface area (Å²) in [6, 6.07) is 37.1. The van der Waals surface area contributed by atoms with Crippen molar-refractivity contribution in [3.8, 4) is 5.75 Å². The number of benzene rings is 5. The van der Waals surface area contributed by atoms with Gasteiger partial charge in [0.1, 0.15) is 11.9 Å². The number of aryl methyl sites for hydroxylation is 1. The van der Waals surface area contributed by atoms with E-state index in [4.69, 9.17) is 4.74 Å². The number of anilines is 3. The SMILES string of the molecule is COc1ccc(NS(=O)(=O)c2ccc3c(c2)C(=O)N(c2ccc(C)cc2)[C@@H](c2ccc(Br)cc2)N3Cc2ccccc2)cc1. The van der Waals surface area contributed by atoms with Gasteiger partial charge in [0.2, 0.25) is 0 Å². The molecule has 0 fully saturated rings. The number of hydrogen-bond donors (Lipinski definition) is 1. The summed E-state index contributed by atoms with van der Waals surface area (Å²) >= 11 is 3.54. The number of ether oxygens (including phenoxy) is 1. The van der Waals surface area contributed by atoms with Crippen molar-refractivity contribution >= 4 is 48.9 Å². The van der Waals surface area contributed by atoms with Crippen molar-refractivity contribution in [2.75, 3.05) is 21.6 Å². The molecule has 1 aliphatic rings. The summed E-state index contributed by atoms with van der Waals surface area (Å²) in [7, 11) is -2.46. The lowest BCUT2D eigenvalue weighted by atomic mass is 9.99. The molecular formula is C35H30BrN3O4S. The fourth-order valence-corrected chi connectivity index (χ4v) is 6.72. The van der Waals surface area contributed by atoms with Gasteiger partial charge in [-0.1, -0.05) is 76.1 Å². The van der Waals surface area contributed by atoms with Crippen LogP contribution in [0.4, 0.5) is 17.1 Å². The first-order valence-corrected chi connectivity index (χ1v) is 16.3. The summed E-state index contributed by atoms with van der Waals surface area (Å²) in [6.45, 7) is 2.48. The molecule has 44 heavy (non-hydrogen) atoms. The Morgan fingerprint density at radius 1 is 0.841 bits per heavy atom. The van der Waals surface area contributed by atoms with E-state index in [0.29, 0.717) is 34.9 Å². The highest BCUT2D eigenvalue weighted by Gasteiger charge is 2.40. The third-order valence-corrected chi connectivity index (χ3v) is 9.50. The topological polar surface area (TPSA) is 78.9 Å². The van der Waals surface area contributed by atoms with Crippen molar-refractivity contribution < 1.29 is 17.9 Å². The second-order valence-corrected chi connectivity index (χ2v) is 13.2. The number of nitrogens with one attached hydrogen (secondary N) is 1. The number of halogens is 1. The van der Waals surface area contributed by atoms with E-state index in [-0.39, 0.29) is 10.8 Å². The minimum atomic E-state index is -4.01. The van der Waals surface area contributed by atoms with Gasteiger partial charge in [0.15, 0.2) is 0 Å². The minimum Gasteiger partial charge on any atom is -0.497 e. The van der Waals surface area contributed by atoms with Crippen LogP contribution in [0.2, 0.25) is 0 Å². The maximum absolute atomic E-state index is 14.5. The second-order valence-electron chi connectivity index (χ2n) is 10.6. The summed E-state index contributed by atoms with van der Waals surface area (Å²) in [5.41, 5.74) is 5.08. The van der Waals surface area contributed by atoms with Gasteiger partial charge in [0.05, 0.1) is 23.3 Å². The highest BCUT2D eigenvalue weighted by atomic mass is 79.9. The third-order valence-electron chi connectivity index (χ3n) is 7.60. The maximum atomic E-state index is 14.5. The van der Waals surface area contributed by atoms with Gasteiger partial charge in [-0.3, -0.25) is 14.4 Å². The molecule has 0 unspecified atom stereocenters. The monoisotopic (exact) mass is 667 g/mol. The van der Waals surface area contributed by atoms with E-state index in [1.807, 2.05) is 85.8 Å². The van der Waals surface area contributed by atoms with Gasteiger partial charge in [-0.15, -0.1) is 0 Å². The maximum Gasteiger partial charge on any atom is 0.262 e. The number of rotatable bonds is 8. The van der Waals surface area contributed by atoms with Gasteiger partial charge < -0.3 is 9.64 Å². The van der Waals surface area contributed by atoms with Gasteiger partial charge in [-0.05, 0) is 84.8 Å². The van der Waals surface area contributed by atoms with Crippen LogP contribution < -0.4 is 19.3 Å². The van der Waals surface area contributed by atoms with Gasteiger partial charge in [-0.25, -0.2) is 8.42 Å². The predicted molar refractivity (Wildman–Crippen MR) is 178 cm³/mol. The molecule has 7 nitrogen and oxygen atoms in total. The first-order chi connectivity index (χ1) is 21.2. The predicted octanol–water partition coefficient (Wildman–Crippen LogP) is 7.93. The molecule has 222 valence electrons. The molecule has 0 spiro atoms. The average molecular weight is 669 g/mol. The zero-order chi connectivity index (χ0) is 30.8. The Hall–Kier alpha value is -4.60. The standard InChI is InChI=1S/C35H30BrN3O4S/c1-24-8-16-29(17-9-24)39-34(26-10-12-27(36)13-11-26)38(23-25-6-4-3-5-7-25)33-21-20-31(22-32(33)35(39)40)44(41,42)37-28-14-18-30(43-2)19-15-28/h3-22,34,37H,23H2,1-2H3/t34-/m0/s1. The molecular weight excluding hydrogens is 638 g/mol. The van der Waals surface area contributed by atoms with E-state index in [9.17, 15) is 13.2 Å². The smallest absolute Gasteiger partial charge is 0.262 e. The van der Waals surface area contributed by atoms with Crippen molar-refractivity contribution in [3.63, 3.8) is 0 Å². The molecule has 0 radical (unpaired) electrons. The Morgan fingerprint density at radius 2 is 1.52 bits per heavy atom. The third kappa shape index (κ3) is 5.93. The summed E-state index contributed by atoms with van der Waals surface area (Å²) in [4.78, 5) is 18.4. The lowest BCUT2D eigenvalue weighted by Crippen LogP contribution is -2.49. The molecule has 6 rings (SSSR count). The highest BCUT2D eigenvalue weighted by Crippen LogP contribution is 2.43. The largest absolute Gasteiger partial charge is 0.497 e. The Balaban J connectivity index is 1.50. The Labute approximate surface area is 265 Å². The average Bonchev–Trinajstić information content (AvgIpc) is 3.04. The number of amides is 1. The van der Waals surface area contributed by atoms with Crippen LogP contribution in [-0.2, 0) is 16.6 Å². The van der Waals surface area contributed by atoms with Crippen LogP contribution in [0.25, 0.3) is 0 Å². The van der Waals surface area contributed by atoms with Crippen LogP contribution in [0.1, 0.15) is 33.2 Å². The molecule has 1 N–H and O–H groups in total. The summed E-state index contributed by atoms with van der Waals surface area (Å²) in [5, 5.41) is 0. The summed E-state index contributed by atoms with van der Waals surface area (Å²) in [5.74, 6) is 0.324. The van der Waals surface area contributed by atoms with E-state index in [1.165, 1.54) is 6.07 Å². The molecule has 1 atom stereocenters. The van der Waals surface area contributed by atoms with Crippen molar-refractivity contribution in [3.05, 3.63) is 148 Å². The van der Waals surface area contributed by atoms with Crippen LogP contribution in [0.3, 0.4) is 0 Å². The summed E-state index contributed by atoms with van der Waals surface area (Å²) < 4.78 is 35.8. The number of methoxy groups -OCH3 is 1. The van der Waals surface area contributed by atoms with Crippen molar-refractivity contribution in [2.24, 2.45) is 0 Å². The molecule has 0 saturated carbocycles. The lowest BCUT2D eigenvalue weighted by molar-refractivity contribution is 0.0968. The first-order valence-electron chi connectivity index (χ1n) is 14.0. The van der Waals surface area contributed by atoms with E-state index < -0.39 is 16.2 Å². The van der Waals surface area contributed by atoms with Crippen LogP contribution in [0.15, 0.2) is 131 Å². The van der Waals surface area contributed by atoms with Crippen LogP contribution >= 0.6 is 15.9 Å². The Kier molecular flexibility index (Phi) is 8.16. The second kappa shape index (κ2) is 12.2. The van der Waals surface area contributed by atoms with E-state index >= 15 is 0 Å². The molecule has 1 heterocycles. The number of hydrogen-bond acceptors (Lipinski definition) is 5. The van der Waals surface area contributed by atoms with Gasteiger partial charge >= 0.3 is 0 Å². The van der Waals surface area contributed by atoms with Crippen LogP contribution in [0, 0.1) is 6.92 Å². The van der Waals surface area contributed by atoms with E-state index in [0.717, 1.165) is 21.2 Å². The molecule has 0 bridgehead atoms. The number of fused-ring (bicyclic) bond motifs is 1. The number of nitrogens with zero attached hydrogens (tertiary/aromatic N) is 2.